The zero-order valence-corrected chi connectivity index (χ0v) is 15.3. The quantitative estimate of drug-likeness (QED) is 0.810. The number of carbonyl (C=O) groups excluding carboxylic acids is 2. The topological polar surface area (TPSA) is 84.3 Å². The van der Waals surface area contributed by atoms with Crippen molar-refractivity contribution < 1.29 is 9.59 Å². The van der Waals surface area contributed by atoms with Gasteiger partial charge in [0.25, 0.3) is 11.5 Å². The molecule has 0 saturated carbocycles. The summed E-state index contributed by atoms with van der Waals surface area (Å²) >= 11 is 0. The molecule has 2 amide bonds. The van der Waals surface area contributed by atoms with Gasteiger partial charge in [0.1, 0.15) is 5.69 Å². The molecule has 7 heteroatoms. The van der Waals surface area contributed by atoms with Gasteiger partial charge in [-0.15, -0.1) is 0 Å². The Labute approximate surface area is 152 Å². The average Bonchev–Trinajstić information content (AvgIpc) is 2.61. The molecule has 1 N–H and O–H groups in total. The third-order valence-corrected chi connectivity index (χ3v) is 3.71. The van der Waals surface area contributed by atoms with Crippen LogP contribution in [0.5, 0.6) is 0 Å². The number of rotatable bonds is 7. The molecule has 1 aromatic carbocycles. The predicted octanol–water partition coefficient (Wildman–Crippen LogP) is 1.28. The van der Waals surface area contributed by atoms with Crippen LogP contribution in [0.25, 0.3) is 0 Å². The van der Waals surface area contributed by atoms with Gasteiger partial charge in [0, 0.05) is 18.7 Å². The van der Waals surface area contributed by atoms with E-state index in [0.717, 1.165) is 5.56 Å². The van der Waals surface area contributed by atoms with Crippen LogP contribution >= 0.6 is 0 Å². The van der Waals surface area contributed by atoms with Crippen molar-refractivity contribution in [1.29, 1.82) is 0 Å². The van der Waals surface area contributed by atoms with Crippen molar-refractivity contribution in [3.05, 3.63) is 64.1 Å². The monoisotopic (exact) mass is 356 g/mol. The minimum Gasteiger partial charge on any atom is -0.352 e. The van der Waals surface area contributed by atoms with E-state index in [-0.39, 0.29) is 42.2 Å². The van der Waals surface area contributed by atoms with Gasteiger partial charge >= 0.3 is 0 Å². The molecule has 0 atom stereocenters. The lowest BCUT2D eigenvalue weighted by Crippen LogP contribution is -2.43. The molecule has 0 fully saturated rings. The Morgan fingerprint density at radius 1 is 1.15 bits per heavy atom. The first-order chi connectivity index (χ1) is 12.4. The third kappa shape index (κ3) is 5.27. The summed E-state index contributed by atoms with van der Waals surface area (Å²) in [7, 11) is 0. The fraction of sp³-hybridized carbons (Fsp3) is 0.368. The molecule has 1 heterocycles. The van der Waals surface area contributed by atoms with Gasteiger partial charge in [-0.2, -0.15) is 5.10 Å². The molecule has 7 nitrogen and oxygen atoms in total. The van der Waals surface area contributed by atoms with E-state index < -0.39 is 0 Å². The number of carbonyl (C=O) groups is 2. The van der Waals surface area contributed by atoms with E-state index in [2.05, 4.69) is 10.4 Å². The SMILES string of the molecule is CCN(CC(=O)NC(C)C)C(=O)c1ccc(=O)n(Cc2ccccc2)n1. The molecular weight excluding hydrogens is 332 g/mol. The van der Waals surface area contributed by atoms with Gasteiger partial charge in [0.05, 0.1) is 13.1 Å². The molecule has 2 aromatic rings. The van der Waals surface area contributed by atoms with Crippen LogP contribution in [0.15, 0.2) is 47.3 Å². The van der Waals surface area contributed by atoms with Crippen LogP contribution in [0.1, 0.15) is 36.8 Å². The molecule has 0 saturated heterocycles. The Morgan fingerprint density at radius 2 is 1.85 bits per heavy atom. The number of hydrogen-bond donors (Lipinski definition) is 1. The number of nitrogens with zero attached hydrogens (tertiary/aromatic N) is 3. The summed E-state index contributed by atoms with van der Waals surface area (Å²) in [5, 5.41) is 6.94. The molecule has 2 rings (SSSR count). The molecule has 0 aliphatic rings. The number of likely N-dealkylation sites (N-methyl/N-ethyl adjacent to an activating group) is 1. The number of amides is 2. The van der Waals surface area contributed by atoms with Gasteiger partial charge < -0.3 is 10.2 Å². The smallest absolute Gasteiger partial charge is 0.274 e. The Bertz CT molecular complexity index is 815. The van der Waals surface area contributed by atoms with Gasteiger partial charge in [-0.25, -0.2) is 4.68 Å². The van der Waals surface area contributed by atoms with E-state index in [0.29, 0.717) is 6.54 Å². The summed E-state index contributed by atoms with van der Waals surface area (Å²) in [6.07, 6.45) is 0. The molecule has 138 valence electrons. The molecule has 0 radical (unpaired) electrons. The summed E-state index contributed by atoms with van der Waals surface area (Å²) in [6.45, 7) is 6.10. The lowest BCUT2D eigenvalue weighted by Gasteiger charge is -2.21. The summed E-state index contributed by atoms with van der Waals surface area (Å²) in [6, 6.07) is 12.1. The number of benzene rings is 1. The standard InChI is InChI=1S/C19H24N4O3/c1-4-22(13-17(24)20-14(2)3)19(26)16-10-11-18(25)23(21-16)12-15-8-6-5-7-9-15/h5-11,14H,4,12-13H2,1-3H3,(H,20,24). The maximum Gasteiger partial charge on any atom is 0.274 e. The zero-order valence-electron chi connectivity index (χ0n) is 15.3. The van der Waals surface area contributed by atoms with Crippen LogP contribution < -0.4 is 10.9 Å². The Balaban J connectivity index is 2.18. The molecule has 0 aliphatic carbocycles. The highest BCUT2D eigenvalue weighted by Crippen LogP contribution is 2.03. The molecule has 0 unspecified atom stereocenters. The van der Waals surface area contributed by atoms with Crippen LogP contribution in [-0.2, 0) is 11.3 Å². The second-order valence-corrected chi connectivity index (χ2v) is 6.24. The van der Waals surface area contributed by atoms with Crippen molar-refractivity contribution in [1.82, 2.24) is 20.0 Å². The number of aromatic nitrogens is 2. The summed E-state index contributed by atoms with van der Waals surface area (Å²) < 4.78 is 1.25. The fourth-order valence-corrected chi connectivity index (χ4v) is 2.46. The zero-order chi connectivity index (χ0) is 19.1. The molecule has 1 aromatic heterocycles. The Morgan fingerprint density at radius 3 is 2.46 bits per heavy atom. The van der Waals surface area contributed by atoms with Crippen LogP contribution in [0, 0.1) is 0 Å². The highest BCUT2D eigenvalue weighted by atomic mass is 16.2. The molecule has 0 aliphatic heterocycles. The van der Waals surface area contributed by atoms with Crippen LogP contribution in [-0.4, -0.2) is 45.6 Å². The van der Waals surface area contributed by atoms with Gasteiger partial charge in [-0.1, -0.05) is 30.3 Å². The van der Waals surface area contributed by atoms with Crippen molar-refractivity contribution in [2.45, 2.75) is 33.4 Å². The minimum absolute atomic E-state index is 0.00205. The molecule has 26 heavy (non-hydrogen) atoms. The van der Waals surface area contributed by atoms with E-state index >= 15 is 0 Å². The van der Waals surface area contributed by atoms with E-state index in [1.165, 1.54) is 21.7 Å². The van der Waals surface area contributed by atoms with Gasteiger partial charge in [0.15, 0.2) is 0 Å². The number of nitrogens with one attached hydrogen (secondary N) is 1. The Hall–Kier alpha value is -2.96. The van der Waals surface area contributed by atoms with Crippen molar-refractivity contribution in [3.63, 3.8) is 0 Å². The van der Waals surface area contributed by atoms with E-state index in [4.69, 9.17) is 0 Å². The lowest BCUT2D eigenvalue weighted by molar-refractivity contribution is -0.122. The minimum atomic E-state index is -0.381. The van der Waals surface area contributed by atoms with E-state index in [1.807, 2.05) is 44.2 Å². The predicted molar refractivity (Wildman–Crippen MR) is 98.9 cm³/mol. The second-order valence-electron chi connectivity index (χ2n) is 6.24. The normalized spacial score (nSPS) is 10.6. The lowest BCUT2D eigenvalue weighted by atomic mass is 10.2. The first kappa shape index (κ1) is 19.4. The van der Waals surface area contributed by atoms with Gasteiger partial charge in [-0.3, -0.25) is 14.4 Å². The van der Waals surface area contributed by atoms with Crippen LogP contribution in [0.2, 0.25) is 0 Å². The summed E-state index contributed by atoms with van der Waals surface area (Å²) in [5.41, 5.74) is 0.765. The van der Waals surface area contributed by atoms with Crippen molar-refractivity contribution >= 4 is 11.8 Å². The highest BCUT2D eigenvalue weighted by molar-refractivity contribution is 5.94. The largest absolute Gasteiger partial charge is 0.352 e. The van der Waals surface area contributed by atoms with E-state index in [1.54, 1.807) is 6.92 Å². The summed E-state index contributed by atoms with van der Waals surface area (Å²) in [5.74, 6) is -0.610. The van der Waals surface area contributed by atoms with Gasteiger partial charge in [-0.05, 0) is 32.4 Å². The van der Waals surface area contributed by atoms with Crippen molar-refractivity contribution in [2.24, 2.45) is 0 Å². The first-order valence-electron chi connectivity index (χ1n) is 8.61. The molecular formula is C19H24N4O3. The van der Waals surface area contributed by atoms with Crippen LogP contribution in [0.3, 0.4) is 0 Å². The number of hydrogen-bond acceptors (Lipinski definition) is 4. The third-order valence-electron chi connectivity index (χ3n) is 3.71. The maximum absolute atomic E-state index is 12.7. The highest BCUT2D eigenvalue weighted by Gasteiger charge is 2.19. The Kier molecular flexibility index (Phi) is 6.66. The molecule has 0 bridgehead atoms. The maximum atomic E-state index is 12.7. The van der Waals surface area contributed by atoms with Crippen LogP contribution in [0.4, 0.5) is 0 Å². The fourth-order valence-electron chi connectivity index (χ4n) is 2.46. The first-order valence-corrected chi connectivity index (χ1v) is 8.61. The average molecular weight is 356 g/mol. The second kappa shape index (κ2) is 8.94. The summed E-state index contributed by atoms with van der Waals surface area (Å²) in [4.78, 5) is 38.1. The van der Waals surface area contributed by atoms with Crippen molar-refractivity contribution in [3.8, 4) is 0 Å². The van der Waals surface area contributed by atoms with Crippen molar-refractivity contribution in [2.75, 3.05) is 13.1 Å². The van der Waals surface area contributed by atoms with Gasteiger partial charge in [0.2, 0.25) is 5.91 Å². The molecule has 0 spiro atoms. The van der Waals surface area contributed by atoms with E-state index in [9.17, 15) is 14.4 Å².